The van der Waals surface area contributed by atoms with E-state index < -0.39 is 35.5 Å². The van der Waals surface area contributed by atoms with Crippen molar-refractivity contribution in [2.45, 2.75) is 29.5 Å². The maximum absolute atomic E-state index is 11.1. The second-order valence-corrected chi connectivity index (χ2v) is 8.74. The van der Waals surface area contributed by atoms with Gasteiger partial charge in [0, 0.05) is 0 Å². The van der Waals surface area contributed by atoms with Crippen LogP contribution in [0.25, 0.3) is 0 Å². The Balaban J connectivity index is 1.55. The minimum Gasteiger partial charge on any atom is -0.493 e. The zero-order valence-electron chi connectivity index (χ0n) is 17.3. The summed E-state index contributed by atoms with van der Waals surface area (Å²) in [5.41, 5.74) is 1.53. The lowest BCUT2D eigenvalue weighted by atomic mass is 9.82. The van der Waals surface area contributed by atoms with Gasteiger partial charge in [0.1, 0.15) is 10.9 Å². The topological polar surface area (TPSA) is 95.8 Å². The van der Waals surface area contributed by atoms with Gasteiger partial charge in [0.05, 0.1) is 26.2 Å². The van der Waals surface area contributed by atoms with E-state index in [9.17, 15) is 10.2 Å². The highest BCUT2D eigenvalue weighted by Gasteiger charge is 2.68. The Morgan fingerprint density at radius 3 is 2.42 bits per heavy atom. The Bertz CT molecular complexity index is 984. The Morgan fingerprint density at radius 2 is 1.68 bits per heavy atom. The molecule has 3 aliphatic heterocycles. The van der Waals surface area contributed by atoms with E-state index in [-0.39, 0.29) is 6.79 Å². The summed E-state index contributed by atoms with van der Waals surface area (Å²) in [5, 5.41) is 22.1. The predicted octanol–water partition coefficient (Wildman–Crippen LogP) is 2.63. The van der Waals surface area contributed by atoms with Gasteiger partial charge in [-0.2, -0.15) is 0 Å². The van der Waals surface area contributed by atoms with E-state index in [1.165, 1.54) is 11.8 Å². The third-order valence-electron chi connectivity index (χ3n) is 6.29. The smallest absolute Gasteiger partial charge is 0.231 e. The SMILES string of the molecule is COc1ccc(C2OC(O)C3C(c4ccc5c(c4)OCO5)OC(O)C23SC)cc1OC. The molecule has 2 aromatic rings. The summed E-state index contributed by atoms with van der Waals surface area (Å²) >= 11 is 1.42. The van der Waals surface area contributed by atoms with E-state index in [4.69, 9.17) is 28.4 Å². The second kappa shape index (κ2) is 7.75. The Labute approximate surface area is 184 Å². The van der Waals surface area contributed by atoms with Crippen molar-refractivity contribution in [3.05, 3.63) is 47.5 Å². The third-order valence-corrected chi connectivity index (χ3v) is 7.69. The Hall–Kier alpha value is -2.17. The fourth-order valence-electron chi connectivity index (χ4n) is 4.81. The highest BCUT2D eigenvalue weighted by molar-refractivity contribution is 8.00. The molecule has 166 valence electrons. The molecule has 0 saturated carbocycles. The highest BCUT2D eigenvalue weighted by atomic mass is 32.2. The van der Waals surface area contributed by atoms with Crippen LogP contribution in [0.5, 0.6) is 23.0 Å². The van der Waals surface area contributed by atoms with Gasteiger partial charge in [-0.05, 0) is 41.6 Å². The minimum atomic E-state index is -1.17. The molecule has 0 aliphatic carbocycles. The van der Waals surface area contributed by atoms with Gasteiger partial charge >= 0.3 is 0 Å². The van der Waals surface area contributed by atoms with Crippen molar-refractivity contribution in [3.8, 4) is 23.0 Å². The van der Waals surface area contributed by atoms with Crippen LogP contribution in [0.15, 0.2) is 36.4 Å². The van der Waals surface area contributed by atoms with Gasteiger partial charge < -0.3 is 38.6 Å². The summed E-state index contributed by atoms with van der Waals surface area (Å²) in [6.07, 6.45) is -1.64. The molecule has 9 heteroatoms. The quantitative estimate of drug-likeness (QED) is 0.716. The molecule has 0 amide bonds. The van der Waals surface area contributed by atoms with Crippen LogP contribution in [0, 0.1) is 5.92 Å². The standard InChI is InChI=1S/C22H24O8S/c1-25-13-6-5-12(9-15(13)26-2)19-22(31-3)17(20(23)30-19)18(29-21(22)24)11-4-7-14-16(8-11)28-10-27-14/h4-9,17-21,23-24H,10H2,1-3H3. The summed E-state index contributed by atoms with van der Waals surface area (Å²) in [4.78, 5) is 0. The molecule has 2 N–H and O–H groups in total. The lowest BCUT2D eigenvalue weighted by molar-refractivity contribution is -0.169. The van der Waals surface area contributed by atoms with Gasteiger partial charge in [0.15, 0.2) is 35.6 Å². The molecule has 0 bridgehead atoms. The summed E-state index contributed by atoms with van der Waals surface area (Å²) < 4.78 is 32.8. The van der Waals surface area contributed by atoms with Crippen LogP contribution < -0.4 is 18.9 Å². The van der Waals surface area contributed by atoms with Crippen LogP contribution in [0.4, 0.5) is 0 Å². The molecule has 0 aromatic heterocycles. The number of methoxy groups -OCH3 is 2. The summed E-state index contributed by atoms with van der Waals surface area (Å²) in [5.74, 6) is 1.88. The first-order valence-corrected chi connectivity index (χ1v) is 11.1. The van der Waals surface area contributed by atoms with E-state index in [0.717, 1.165) is 11.1 Å². The number of aliphatic hydroxyl groups excluding tert-OH is 2. The monoisotopic (exact) mass is 448 g/mol. The van der Waals surface area contributed by atoms with E-state index in [1.807, 2.05) is 24.5 Å². The number of rotatable bonds is 5. The third kappa shape index (κ3) is 2.99. The number of aliphatic hydroxyl groups is 2. The Morgan fingerprint density at radius 1 is 0.935 bits per heavy atom. The first kappa shape index (κ1) is 20.7. The molecule has 3 heterocycles. The molecule has 3 aliphatic rings. The van der Waals surface area contributed by atoms with Crippen LogP contribution in [0.1, 0.15) is 23.3 Å². The molecule has 31 heavy (non-hydrogen) atoms. The summed E-state index contributed by atoms with van der Waals surface area (Å²) in [7, 11) is 3.12. The van der Waals surface area contributed by atoms with Crippen molar-refractivity contribution in [2.24, 2.45) is 5.92 Å². The summed E-state index contributed by atoms with van der Waals surface area (Å²) in [6, 6.07) is 10.9. The first-order valence-electron chi connectivity index (χ1n) is 9.87. The molecule has 2 fully saturated rings. The van der Waals surface area contributed by atoms with Crippen LogP contribution in [-0.2, 0) is 9.47 Å². The largest absolute Gasteiger partial charge is 0.493 e. The number of fused-ring (bicyclic) bond motifs is 2. The maximum atomic E-state index is 11.1. The minimum absolute atomic E-state index is 0.165. The van der Waals surface area contributed by atoms with E-state index in [2.05, 4.69) is 0 Å². The van der Waals surface area contributed by atoms with Gasteiger partial charge in [0.2, 0.25) is 6.79 Å². The fourth-order valence-corrected chi connectivity index (χ4v) is 5.99. The zero-order chi connectivity index (χ0) is 21.8. The molecule has 0 spiro atoms. The first-order chi connectivity index (χ1) is 15.0. The molecule has 8 nitrogen and oxygen atoms in total. The van der Waals surface area contributed by atoms with Crippen molar-refractivity contribution in [1.29, 1.82) is 0 Å². The van der Waals surface area contributed by atoms with Gasteiger partial charge in [-0.1, -0.05) is 12.1 Å². The lowest BCUT2D eigenvalue weighted by Gasteiger charge is -2.33. The fraction of sp³-hybridized carbons (Fsp3) is 0.455. The van der Waals surface area contributed by atoms with E-state index in [0.29, 0.717) is 23.0 Å². The Kier molecular flexibility index (Phi) is 5.18. The van der Waals surface area contributed by atoms with Gasteiger partial charge in [0.25, 0.3) is 0 Å². The van der Waals surface area contributed by atoms with Gasteiger partial charge in [-0.25, -0.2) is 0 Å². The molecular formula is C22H24O8S. The van der Waals surface area contributed by atoms with Gasteiger partial charge in [-0.3, -0.25) is 0 Å². The lowest BCUT2D eigenvalue weighted by Crippen LogP contribution is -2.43. The van der Waals surface area contributed by atoms with Crippen molar-refractivity contribution < 1.29 is 38.6 Å². The number of hydrogen-bond donors (Lipinski definition) is 2. The van der Waals surface area contributed by atoms with E-state index >= 15 is 0 Å². The maximum Gasteiger partial charge on any atom is 0.231 e. The normalized spacial score (nSPS) is 33.4. The number of ether oxygens (including phenoxy) is 6. The molecule has 6 atom stereocenters. The van der Waals surface area contributed by atoms with E-state index in [1.54, 1.807) is 32.4 Å². The van der Waals surface area contributed by atoms with Crippen LogP contribution in [-0.4, -0.2) is 54.8 Å². The molecule has 2 saturated heterocycles. The number of thioether (sulfide) groups is 1. The van der Waals surface area contributed by atoms with Crippen LogP contribution >= 0.6 is 11.8 Å². The summed E-state index contributed by atoms with van der Waals surface area (Å²) in [6.45, 7) is 0.165. The van der Waals surface area contributed by atoms with Crippen molar-refractivity contribution in [1.82, 2.24) is 0 Å². The van der Waals surface area contributed by atoms with Crippen LogP contribution in [0.3, 0.4) is 0 Å². The average molecular weight is 448 g/mol. The molecule has 6 unspecified atom stereocenters. The second-order valence-electron chi connectivity index (χ2n) is 7.63. The molecule has 2 aromatic carbocycles. The van der Waals surface area contributed by atoms with Crippen molar-refractivity contribution in [3.63, 3.8) is 0 Å². The molecule has 0 radical (unpaired) electrons. The number of benzene rings is 2. The van der Waals surface area contributed by atoms with Crippen LogP contribution in [0.2, 0.25) is 0 Å². The highest BCUT2D eigenvalue weighted by Crippen LogP contribution is 2.63. The predicted molar refractivity (Wildman–Crippen MR) is 112 cm³/mol. The zero-order valence-corrected chi connectivity index (χ0v) is 18.1. The van der Waals surface area contributed by atoms with Gasteiger partial charge in [-0.15, -0.1) is 11.8 Å². The van der Waals surface area contributed by atoms with Crippen molar-refractivity contribution >= 4 is 11.8 Å². The molecular weight excluding hydrogens is 424 g/mol. The van der Waals surface area contributed by atoms with Crippen molar-refractivity contribution in [2.75, 3.05) is 27.3 Å². The average Bonchev–Trinajstić information content (AvgIpc) is 3.46. The molecule has 5 rings (SSSR count). The number of hydrogen-bond acceptors (Lipinski definition) is 9.